The lowest BCUT2D eigenvalue weighted by atomic mass is 9.92. The van der Waals surface area contributed by atoms with Crippen molar-refractivity contribution in [2.24, 2.45) is 11.7 Å². The van der Waals surface area contributed by atoms with Gasteiger partial charge in [0.15, 0.2) is 0 Å². The van der Waals surface area contributed by atoms with E-state index < -0.39 is 0 Å². The normalized spacial score (nSPS) is 28.5. The fourth-order valence-electron chi connectivity index (χ4n) is 4.31. The van der Waals surface area contributed by atoms with Gasteiger partial charge in [0.2, 0.25) is 5.91 Å². The summed E-state index contributed by atoms with van der Waals surface area (Å²) in [5.41, 5.74) is 5.63. The molecule has 2 N–H and O–H groups in total. The minimum absolute atomic E-state index is 0.0345. The third-order valence-corrected chi connectivity index (χ3v) is 6.21. The van der Waals surface area contributed by atoms with Crippen LogP contribution in [0.25, 0.3) is 0 Å². The molecule has 3 aliphatic rings. The molecular weight excluding hydrogens is 332 g/mol. The molecule has 3 heterocycles. The van der Waals surface area contributed by atoms with E-state index in [9.17, 15) is 9.59 Å². The van der Waals surface area contributed by atoms with Gasteiger partial charge in [-0.15, -0.1) is 0 Å². The van der Waals surface area contributed by atoms with Gasteiger partial charge < -0.3 is 25.2 Å². The first-order valence-electron chi connectivity index (χ1n) is 10.2. The van der Waals surface area contributed by atoms with Crippen molar-refractivity contribution in [3.8, 4) is 0 Å². The molecule has 3 aliphatic heterocycles. The molecule has 7 heteroatoms. The number of hydrogen-bond donors (Lipinski definition) is 1. The van der Waals surface area contributed by atoms with E-state index in [1.54, 1.807) is 0 Å². The SMILES string of the molecule is CCN1CCN(C(=O)CC2CCN(C(=O)[C@@H]3CC[C@H](CN)O3)CC2)CC1. The predicted molar refractivity (Wildman–Crippen MR) is 99.6 cm³/mol. The first-order chi connectivity index (χ1) is 12.6. The number of carbonyl (C=O) groups is 2. The third-order valence-electron chi connectivity index (χ3n) is 6.21. The summed E-state index contributed by atoms with van der Waals surface area (Å²) in [4.78, 5) is 31.4. The maximum atomic E-state index is 12.6. The van der Waals surface area contributed by atoms with Gasteiger partial charge in [-0.3, -0.25) is 9.59 Å². The van der Waals surface area contributed by atoms with Crippen LogP contribution in [0.1, 0.15) is 39.0 Å². The number of ether oxygens (including phenoxy) is 1. The Kier molecular flexibility index (Phi) is 6.89. The van der Waals surface area contributed by atoms with Gasteiger partial charge in [0, 0.05) is 52.2 Å². The van der Waals surface area contributed by atoms with Gasteiger partial charge in [-0.05, 0) is 38.1 Å². The van der Waals surface area contributed by atoms with Crippen LogP contribution in [0.3, 0.4) is 0 Å². The zero-order valence-electron chi connectivity index (χ0n) is 16.1. The Labute approximate surface area is 156 Å². The van der Waals surface area contributed by atoms with E-state index in [2.05, 4.69) is 11.8 Å². The number of rotatable bonds is 5. The fourth-order valence-corrected chi connectivity index (χ4v) is 4.31. The fraction of sp³-hybridized carbons (Fsp3) is 0.895. The molecule has 0 unspecified atom stereocenters. The molecule has 3 saturated heterocycles. The zero-order valence-corrected chi connectivity index (χ0v) is 16.1. The predicted octanol–water partition coefficient (Wildman–Crippen LogP) is 0.286. The van der Waals surface area contributed by atoms with E-state index >= 15 is 0 Å². The molecule has 0 aromatic heterocycles. The lowest BCUT2D eigenvalue weighted by Crippen LogP contribution is -2.49. The molecule has 3 rings (SSSR count). The summed E-state index contributed by atoms with van der Waals surface area (Å²) >= 11 is 0. The van der Waals surface area contributed by atoms with Crippen molar-refractivity contribution in [1.29, 1.82) is 0 Å². The summed E-state index contributed by atoms with van der Waals surface area (Å²) in [7, 11) is 0. The Hall–Kier alpha value is -1.18. The second kappa shape index (κ2) is 9.15. The lowest BCUT2D eigenvalue weighted by Gasteiger charge is -2.36. The quantitative estimate of drug-likeness (QED) is 0.756. The number of piperidine rings is 1. The Morgan fingerprint density at radius 1 is 0.962 bits per heavy atom. The van der Waals surface area contributed by atoms with Crippen molar-refractivity contribution in [3.63, 3.8) is 0 Å². The largest absolute Gasteiger partial charge is 0.364 e. The lowest BCUT2D eigenvalue weighted by molar-refractivity contribution is -0.144. The van der Waals surface area contributed by atoms with Crippen molar-refractivity contribution in [1.82, 2.24) is 14.7 Å². The molecule has 2 amide bonds. The third kappa shape index (κ3) is 4.75. The summed E-state index contributed by atoms with van der Waals surface area (Å²) in [5, 5.41) is 0. The zero-order chi connectivity index (χ0) is 18.5. The minimum Gasteiger partial charge on any atom is -0.364 e. The molecule has 7 nitrogen and oxygen atoms in total. The van der Waals surface area contributed by atoms with Crippen molar-refractivity contribution in [2.75, 3.05) is 52.4 Å². The molecule has 0 aromatic rings. The van der Waals surface area contributed by atoms with Crippen LogP contribution in [0.2, 0.25) is 0 Å². The first-order valence-corrected chi connectivity index (χ1v) is 10.2. The van der Waals surface area contributed by atoms with Crippen molar-refractivity contribution < 1.29 is 14.3 Å². The number of hydrogen-bond acceptors (Lipinski definition) is 5. The number of nitrogens with zero attached hydrogens (tertiary/aromatic N) is 3. The number of carbonyl (C=O) groups excluding carboxylic acids is 2. The minimum atomic E-state index is -0.309. The highest BCUT2D eigenvalue weighted by Gasteiger charge is 2.35. The van der Waals surface area contributed by atoms with Crippen molar-refractivity contribution in [2.45, 2.75) is 51.2 Å². The van der Waals surface area contributed by atoms with E-state index in [1.807, 2.05) is 9.80 Å². The van der Waals surface area contributed by atoms with Crippen LogP contribution in [0.5, 0.6) is 0 Å². The van der Waals surface area contributed by atoms with E-state index in [0.717, 1.165) is 71.5 Å². The van der Waals surface area contributed by atoms with E-state index in [4.69, 9.17) is 10.5 Å². The summed E-state index contributed by atoms with van der Waals surface area (Å²) in [6, 6.07) is 0. The average molecular weight is 367 g/mol. The van der Waals surface area contributed by atoms with Gasteiger partial charge in [0.05, 0.1) is 6.10 Å². The molecule has 3 fully saturated rings. The van der Waals surface area contributed by atoms with Crippen molar-refractivity contribution in [3.05, 3.63) is 0 Å². The standard InChI is InChI=1S/C19H34N4O3/c1-2-21-9-11-22(12-10-21)18(24)13-15-5-7-23(8-6-15)19(25)17-4-3-16(14-20)26-17/h15-17H,2-14,20H2,1H3/t16-,17+/m1/s1. The van der Waals surface area contributed by atoms with Crippen LogP contribution >= 0.6 is 0 Å². The average Bonchev–Trinajstić information content (AvgIpc) is 3.17. The highest BCUT2D eigenvalue weighted by Crippen LogP contribution is 2.26. The molecule has 0 aromatic carbocycles. The molecule has 0 bridgehead atoms. The van der Waals surface area contributed by atoms with Crippen LogP contribution < -0.4 is 5.73 Å². The summed E-state index contributed by atoms with van der Waals surface area (Å²) in [5.74, 6) is 0.800. The van der Waals surface area contributed by atoms with E-state index in [-0.39, 0.29) is 24.0 Å². The Bertz CT molecular complexity index is 485. The number of nitrogens with two attached hydrogens (primary N) is 1. The Morgan fingerprint density at radius 2 is 1.65 bits per heavy atom. The monoisotopic (exact) mass is 366 g/mol. The first kappa shape index (κ1) is 19.6. The van der Waals surface area contributed by atoms with Crippen LogP contribution in [0.15, 0.2) is 0 Å². The topological polar surface area (TPSA) is 79.1 Å². The van der Waals surface area contributed by atoms with Gasteiger partial charge in [-0.1, -0.05) is 6.92 Å². The second-order valence-electron chi connectivity index (χ2n) is 7.85. The Morgan fingerprint density at radius 3 is 2.23 bits per heavy atom. The van der Waals surface area contributed by atoms with Gasteiger partial charge in [0.25, 0.3) is 5.91 Å². The molecule has 148 valence electrons. The van der Waals surface area contributed by atoms with Gasteiger partial charge >= 0.3 is 0 Å². The van der Waals surface area contributed by atoms with E-state index in [0.29, 0.717) is 18.9 Å². The Balaban J connectivity index is 1.38. The maximum Gasteiger partial charge on any atom is 0.251 e. The van der Waals surface area contributed by atoms with Crippen LogP contribution in [-0.4, -0.2) is 91.1 Å². The van der Waals surface area contributed by atoms with E-state index in [1.165, 1.54) is 0 Å². The number of amides is 2. The van der Waals surface area contributed by atoms with Gasteiger partial charge in [-0.2, -0.15) is 0 Å². The van der Waals surface area contributed by atoms with Crippen LogP contribution in [0.4, 0.5) is 0 Å². The molecule has 0 spiro atoms. The highest BCUT2D eigenvalue weighted by molar-refractivity contribution is 5.81. The van der Waals surface area contributed by atoms with Crippen LogP contribution in [-0.2, 0) is 14.3 Å². The van der Waals surface area contributed by atoms with Gasteiger partial charge in [-0.25, -0.2) is 0 Å². The smallest absolute Gasteiger partial charge is 0.251 e. The number of likely N-dealkylation sites (N-methyl/N-ethyl adjacent to an activating group) is 1. The summed E-state index contributed by atoms with van der Waals surface area (Å²) in [6.07, 6.45) is 3.85. The number of likely N-dealkylation sites (tertiary alicyclic amines) is 1. The second-order valence-corrected chi connectivity index (χ2v) is 7.85. The molecular formula is C19H34N4O3. The van der Waals surface area contributed by atoms with Crippen molar-refractivity contribution >= 4 is 11.8 Å². The molecule has 0 radical (unpaired) electrons. The molecule has 2 atom stereocenters. The van der Waals surface area contributed by atoms with Gasteiger partial charge in [0.1, 0.15) is 6.10 Å². The maximum absolute atomic E-state index is 12.6. The highest BCUT2D eigenvalue weighted by atomic mass is 16.5. The summed E-state index contributed by atoms with van der Waals surface area (Å²) < 4.78 is 5.73. The van der Waals surface area contributed by atoms with Crippen LogP contribution in [0, 0.1) is 5.92 Å². The molecule has 26 heavy (non-hydrogen) atoms. The molecule has 0 saturated carbocycles. The number of piperazine rings is 1. The molecule has 0 aliphatic carbocycles. The summed E-state index contributed by atoms with van der Waals surface area (Å²) in [6.45, 7) is 8.88.